The molecule has 0 aliphatic carbocycles. The molecule has 15 heavy (non-hydrogen) atoms. The summed E-state index contributed by atoms with van der Waals surface area (Å²) in [5.74, 6) is 1.13. The minimum absolute atomic E-state index is 0.422. The van der Waals surface area contributed by atoms with Crippen molar-refractivity contribution in [3.8, 4) is 0 Å². The molecule has 0 atom stereocenters. The van der Waals surface area contributed by atoms with E-state index in [1.165, 1.54) is 4.88 Å². The van der Waals surface area contributed by atoms with Crippen LogP contribution in [0, 0.1) is 6.92 Å². The normalized spacial score (nSPS) is 10.2. The maximum absolute atomic E-state index is 5.43. The second-order valence-electron chi connectivity index (χ2n) is 3.06. The van der Waals surface area contributed by atoms with Gasteiger partial charge in [-0.25, -0.2) is 4.98 Å². The number of nitrogens with zero attached hydrogens (tertiary/aromatic N) is 3. The zero-order chi connectivity index (χ0) is 10.7. The highest BCUT2D eigenvalue weighted by Crippen LogP contribution is 2.12. The van der Waals surface area contributed by atoms with Crippen molar-refractivity contribution in [2.75, 3.05) is 11.1 Å². The van der Waals surface area contributed by atoms with Crippen LogP contribution < -0.4 is 11.1 Å². The first kappa shape index (κ1) is 9.85. The van der Waals surface area contributed by atoms with Crippen molar-refractivity contribution >= 4 is 23.0 Å². The lowest BCUT2D eigenvalue weighted by atomic mass is 10.5. The molecular formula is C9H11N5S. The monoisotopic (exact) mass is 221 g/mol. The van der Waals surface area contributed by atoms with Crippen LogP contribution in [0.2, 0.25) is 0 Å². The van der Waals surface area contributed by atoms with Gasteiger partial charge in [0.25, 0.3) is 0 Å². The predicted molar refractivity (Wildman–Crippen MR) is 60.6 cm³/mol. The van der Waals surface area contributed by atoms with Gasteiger partial charge < -0.3 is 11.1 Å². The van der Waals surface area contributed by atoms with Crippen LogP contribution in [0.5, 0.6) is 0 Å². The van der Waals surface area contributed by atoms with Crippen molar-refractivity contribution in [1.29, 1.82) is 0 Å². The van der Waals surface area contributed by atoms with Crippen molar-refractivity contribution < 1.29 is 0 Å². The van der Waals surface area contributed by atoms with Gasteiger partial charge in [-0.05, 0) is 19.1 Å². The molecule has 0 radical (unpaired) electrons. The van der Waals surface area contributed by atoms with Crippen LogP contribution in [0.25, 0.3) is 0 Å². The zero-order valence-electron chi connectivity index (χ0n) is 8.27. The molecule has 0 saturated heterocycles. The smallest absolute Gasteiger partial charge is 0.149 e. The van der Waals surface area contributed by atoms with E-state index >= 15 is 0 Å². The fourth-order valence-electron chi connectivity index (χ4n) is 1.09. The number of thiazole rings is 1. The van der Waals surface area contributed by atoms with Crippen LogP contribution >= 0.6 is 11.3 Å². The fraction of sp³-hybridized carbons (Fsp3) is 0.222. The number of rotatable bonds is 3. The molecule has 0 aromatic carbocycles. The molecule has 2 rings (SSSR count). The predicted octanol–water partition coefficient (Wildman–Crippen LogP) is 1.44. The molecule has 0 fully saturated rings. The highest BCUT2D eigenvalue weighted by atomic mass is 32.1. The summed E-state index contributed by atoms with van der Waals surface area (Å²) in [6.07, 6.45) is 1.86. The molecule has 0 saturated carbocycles. The van der Waals surface area contributed by atoms with Gasteiger partial charge in [-0.1, -0.05) is 0 Å². The molecule has 2 aromatic heterocycles. The Balaban J connectivity index is 1.96. The summed E-state index contributed by atoms with van der Waals surface area (Å²) in [6, 6.07) is 3.51. The number of aromatic nitrogens is 3. The third kappa shape index (κ3) is 2.63. The van der Waals surface area contributed by atoms with Crippen molar-refractivity contribution in [2.24, 2.45) is 0 Å². The van der Waals surface area contributed by atoms with Crippen LogP contribution in [0.15, 0.2) is 18.3 Å². The molecule has 0 unspecified atom stereocenters. The number of nitrogen functional groups attached to an aromatic ring is 1. The summed E-state index contributed by atoms with van der Waals surface area (Å²) >= 11 is 1.66. The standard InChI is InChI=1S/C9H11N5S/c1-6-4-12-9(15-6)5-11-8-3-2-7(10)13-14-8/h2-4H,5H2,1H3,(H2,10,13)(H,11,14). The highest BCUT2D eigenvalue weighted by molar-refractivity contribution is 7.11. The molecule has 2 heterocycles. The van der Waals surface area contributed by atoms with E-state index in [-0.39, 0.29) is 0 Å². The lowest BCUT2D eigenvalue weighted by Crippen LogP contribution is -2.02. The minimum Gasteiger partial charge on any atom is -0.382 e. The Bertz CT molecular complexity index is 436. The Morgan fingerprint density at radius 3 is 2.87 bits per heavy atom. The van der Waals surface area contributed by atoms with Crippen molar-refractivity contribution in [3.05, 3.63) is 28.2 Å². The fourth-order valence-corrected chi connectivity index (χ4v) is 1.81. The van der Waals surface area contributed by atoms with Crippen molar-refractivity contribution in [2.45, 2.75) is 13.5 Å². The molecule has 0 spiro atoms. The van der Waals surface area contributed by atoms with Gasteiger partial charge in [0.2, 0.25) is 0 Å². The first-order valence-corrected chi connectivity index (χ1v) is 5.30. The van der Waals surface area contributed by atoms with Gasteiger partial charge in [-0.15, -0.1) is 21.5 Å². The largest absolute Gasteiger partial charge is 0.382 e. The Kier molecular flexibility index (Phi) is 2.77. The van der Waals surface area contributed by atoms with Crippen molar-refractivity contribution in [1.82, 2.24) is 15.2 Å². The molecule has 6 heteroatoms. The summed E-state index contributed by atoms with van der Waals surface area (Å²) in [4.78, 5) is 5.44. The molecule has 3 N–H and O–H groups in total. The molecular weight excluding hydrogens is 210 g/mol. The number of nitrogens with one attached hydrogen (secondary N) is 1. The van der Waals surface area contributed by atoms with Crippen molar-refractivity contribution in [3.63, 3.8) is 0 Å². The topological polar surface area (TPSA) is 76.7 Å². The van der Waals surface area contributed by atoms with Gasteiger partial charge in [-0.3, -0.25) is 0 Å². The van der Waals surface area contributed by atoms with Gasteiger partial charge in [0.1, 0.15) is 16.6 Å². The molecule has 0 amide bonds. The van der Waals surface area contributed by atoms with Crippen LogP contribution in [0.1, 0.15) is 9.88 Å². The van der Waals surface area contributed by atoms with Gasteiger partial charge >= 0.3 is 0 Å². The number of hydrogen-bond donors (Lipinski definition) is 2. The molecule has 5 nitrogen and oxygen atoms in total. The minimum atomic E-state index is 0.422. The number of nitrogens with two attached hydrogens (primary N) is 1. The zero-order valence-corrected chi connectivity index (χ0v) is 9.08. The Hall–Kier alpha value is -1.69. The summed E-state index contributed by atoms with van der Waals surface area (Å²) in [5, 5.41) is 11.8. The molecule has 0 aliphatic heterocycles. The van der Waals surface area contributed by atoms with Gasteiger partial charge in [0, 0.05) is 11.1 Å². The summed E-state index contributed by atoms with van der Waals surface area (Å²) in [7, 11) is 0. The average molecular weight is 221 g/mol. The van der Waals surface area contributed by atoms with E-state index in [1.807, 2.05) is 13.1 Å². The Morgan fingerprint density at radius 1 is 1.40 bits per heavy atom. The van der Waals surface area contributed by atoms with Crippen LogP contribution in [-0.2, 0) is 6.54 Å². The molecule has 78 valence electrons. The Morgan fingerprint density at radius 2 is 2.27 bits per heavy atom. The van der Waals surface area contributed by atoms with Crippen LogP contribution in [0.4, 0.5) is 11.6 Å². The number of anilines is 2. The van der Waals surface area contributed by atoms with E-state index in [1.54, 1.807) is 23.5 Å². The number of hydrogen-bond acceptors (Lipinski definition) is 6. The third-order valence-electron chi connectivity index (χ3n) is 1.78. The summed E-state index contributed by atoms with van der Waals surface area (Å²) in [5.41, 5.74) is 5.43. The van der Waals surface area contributed by atoms with E-state index in [4.69, 9.17) is 5.73 Å². The number of aryl methyl sites for hydroxylation is 1. The van der Waals surface area contributed by atoms with E-state index < -0.39 is 0 Å². The van der Waals surface area contributed by atoms with E-state index in [0.29, 0.717) is 18.2 Å². The molecule has 2 aromatic rings. The van der Waals surface area contributed by atoms with Crippen LogP contribution in [-0.4, -0.2) is 15.2 Å². The van der Waals surface area contributed by atoms with E-state index in [9.17, 15) is 0 Å². The van der Waals surface area contributed by atoms with Gasteiger partial charge in [0.05, 0.1) is 6.54 Å². The molecule has 0 bridgehead atoms. The Labute approximate surface area is 91.4 Å². The van der Waals surface area contributed by atoms with Gasteiger partial charge in [0.15, 0.2) is 0 Å². The SMILES string of the molecule is Cc1cnc(CNc2ccc(N)nn2)s1. The van der Waals surface area contributed by atoms with Crippen LogP contribution in [0.3, 0.4) is 0 Å². The second-order valence-corrected chi connectivity index (χ2v) is 4.38. The summed E-state index contributed by atoms with van der Waals surface area (Å²) in [6.45, 7) is 2.70. The first-order valence-electron chi connectivity index (χ1n) is 4.48. The maximum atomic E-state index is 5.43. The van der Waals surface area contributed by atoms with Gasteiger partial charge in [-0.2, -0.15) is 0 Å². The lowest BCUT2D eigenvalue weighted by Gasteiger charge is -2.01. The average Bonchev–Trinajstić information content (AvgIpc) is 2.64. The second kappa shape index (κ2) is 4.22. The van der Waals surface area contributed by atoms with E-state index in [0.717, 1.165) is 5.01 Å². The third-order valence-corrected chi connectivity index (χ3v) is 2.69. The summed E-state index contributed by atoms with van der Waals surface area (Å²) < 4.78 is 0. The maximum Gasteiger partial charge on any atom is 0.149 e. The lowest BCUT2D eigenvalue weighted by molar-refractivity contribution is 1.00. The van der Waals surface area contributed by atoms with E-state index in [2.05, 4.69) is 20.5 Å². The highest BCUT2D eigenvalue weighted by Gasteiger charge is 1.99. The quantitative estimate of drug-likeness (QED) is 0.820. The first-order chi connectivity index (χ1) is 7.24. The molecule has 0 aliphatic rings.